The summed E-state index contributed by atoms with van der Waals surface area (Å²) in [5.74, 6) is 0.136. The van der Waals surface area contributed by atoms with Gasteiger partial charge in [0.1, 0.15) is 5.02 Å². The fraction of sp³-hybridized carbons (Fsp3) is 0.276. The number of benzene rings is 2. The Hall–Kier alpha value is -3.32. The van der Waals surface area contributed by atoms with Crippen LogP contribution < -0.4 is 5.73 Å². The Balaban J connectivity index is 1.37. The number of hydrogen-bond acceptors (Lipinski definition) is 5. The van der Waals surface area contributed by atoms with E-state index in [1.165, 1.54) is 0 Å². The zero-order chi connectivity index (χ0) is 24.7. The fourth-order valence-corrected chi connectivity index (χ4v) is 5.99. The molecule has 2 saturated carbocycles. The molecule has 2 unspecified atom stereocenters. The van der Waals surface area contributed by atoms with Crippen molar-refractivity contribution in [2.24, 2.45) is 11.7 Å². The summed E-state index contributed by atoms with van der Waals surface area (Å²) >= 11 is 6.45. The highest BCUT2D eigenvalue weighted by Gasteiger charge is 2.63. The Bertz CT molecular complexity index is 1640. The van der Waals surface area contributed by atoms with Crippen molar-refractivity contribution in [3.05, 3.63) is 83.1 Å². The lowest BCUT2D eigenvalue weighted by Crippen LogP contribution is -2.43. The van der Waals surface area contributed by atoms with E-state index in [-0.39, 0.29) is 5.92 Å². The molecule has 6 nitrogen and oxygen atoms in total. The van der Waals surface area contributed by atoms with Gasteiger partial charge >= 0.3 is 0 Å². The second-order valence-corrected chi connectivity index (χ2v) is 10.8. The zero-order valence-electron chi connectivity index (χ0n) is 19.9. The molecule has 180 valence electrons. The van der Waals surface area contributed by atoms with Crippen LogP contribution in [0.25, 0.3) is 39.1 Å². The van der Waals surface area contributed by atoms with Gasteiger partial charge in [0.15, 0.2) is 11.3 Å². The second kappa shape index (κ2) is 7.59. The average molecular weight is 496 g/mol. The molecule has 3 aromatic heterocycles. The number of aryl methyl sites for hydroxylation is 1. The zero-order valence-corrected chi connectivity index (χ0v) is 20.7. The number of rotatable bonds is 4. The van der Waals surface area contributed by atoms with Gasteiger partial charge in [-0.2, -0.15) is 9.61 Å². The minimum Gasteiger partial charge on any atom is -0.390 e. The summed E-state index contributed by atoms with van der Waals surface area (Å²) < 4.78 is 1.72. The van der Waals surface area contributed by atoms with E-state index in [0.29, 0.717) is 16.3 Å². The molecule has 7 heteroatoms. The van der Waals surface area contributed by atoms with Gasteiger partial charge in [-0.15, -0.1) is 0 Å². The molecule has 2 aliphatic carbocycles. The second-order valence-electron chi connectivity index (χ2n) is 10.4. The summed E-state index contributed by atoms with van der Waals surface area (Å²) in [7, 11) is 0. The van der Waals surface area contributed by atoms with Gasteiger partial charge in [-0.3, -0.25) is 0 Å². The third kappa shape index (κ3) is 3.15. The van der Waals surface area contributed by atoms with Crippen molar-refractivity contribution in [3.8, 4) is 22.4 Å². The summed E-state index contributed by atoms with van der Waals surface area (Å²) in [5, 5.41) is 16.9. The number of aliphatic hydroxyl groups is 1. The maximum absolute atomic E-state index is 10.8. The van der Waals surface area contributed by atoms with Crippen LogP contribution in [0.5, 0.6) is 0 Å². The molecule has 7 rings (SSSR count). The quantitative estimate of drug-likeness (QED) is 0.335. The molecule has 0 radical (unpaired) electrons. The molecule has 3 heterocycles. The molecule has 0 aliphatic heterocycles. The maximum Gasteiger partial charge on any atom is 0.176 e. The Morgan fingerprint density at radius 1 is 1.03 bits per heavy atom. The molecule has 3 N–H and O–H groups in total. The van der Waals surface area contributed by atoms with E-state index in [0.717, 1.165) is 64.7 Å². The maximum atomic E-state index is 10.8. The molecule has 0 spiro atoms. The monoisotopic (exact) mass is 495 g/mol. The molecule has 2 atom stereocenters. The van der Waals surface area contributed by atoms with Gasteiger partial charge in [0.25, 0.3) is 0 Å². The minimum atomic E-state index is -0.587. The van der Waals surface area contributed by atoms with Crippen LogP contribution in [0, 0.1) is 12.8 Å². The molecular weight excluding hydrogens is 470 g/mol. The van der Waals surface area contributed by atoms with E-state index < -0.39 is 11.1 Å². The van der Waals surface area contributed by atoms with Crippen molar-refractivity contribution in [2.75, 3.05) is 0 Å². The van der Waals surface area contributed by atoms with Gasteiger partial charge in [0.05, 0.1) is 17.0 Å². The van der Waals surface area contributed by atoms with Crippen molar-refractivity contribution in [1.82, 2.24) is 19.6 Å². The summed E-state index contributed by atoms with van der Waals surface area (Å²) in [6, 6.07) is 20.7. The normalized spacial score (nSPS) is 22.6. The SMILES string of the molecule is Cc1nn2c(ncc3cc(-c4ccccc4)c(-c4ccc(C5(N)CC5C5(O)CCC5)cc4)nc32)c1Cl. The molecule has 0 bridgehead atoms. The van der Waals surface area contributed by atoms with Crippen molar-refractivity contribution >= 4 is 28.3 Å². The van der Waals surface area contributed by atoms with Crippen LogP contribution in [0.15, 0.2) is 66.9 Å². The van der Waals surface area contributed by atoms with Crippen LogP contribution in [-0.4, -0.2) is 30.3 Å². The summed E-state index contributed by atoms with van der Waals surface area (Å²) in [6.45, 7) is 1.87. The summed E-state index contributed by atoms with van der Waals surface area (Å²) in [4.78, 5) is 9.66. The molecule has 2 aliphatic rings. The standard InChI is InChI=1S/C29H26ClN5O/c1-17-24(30)27-32-16-20-14-22(18-6-3-2-4-7-18)25(33-26(20)35(27)34-17)19-8-10-21(11-9-19)29(31)15-23(29)28(36)12-5-13-28/h2-4,6-11,14,16,23,36H,5,12-13,15,31H2,1H3. The van der Waals surface area contributed by atoms with Crippen LogP contribution in [0.2, 0.25) is 5.02 Å². The van der Waals surface area contributed by atoms with Gasteiger partial charge in [-0.25, -0.2) is 9.97 Å². The Labute approximate surface area is 213 Å². The number of aromatic nitrogens is 4. The first-order valence-corrected chi connectivity index (χ1v) is 12.8. The van der Waals surface area contributed by atoms with E-state index in [4.69, 9.17) is 22.3 Å². The predicted molar refractivity (Wildman–Crippen MR) is 142 cm³/mol. The third-order valence-corrected chi connectivity index (χ3v) is 8.62. The van der Waals surface area contributed by atoms with Gasteiger partial charge in [-0.1, -0.05) is 66.2 Å². The summed E-state index contributed by atoms with van der Waals surface area (Å²) in [5.41, 5.74) is 12.8. The largest absolute Gasteiger partial charge is 0.390 e. The van der Waals surface area contributed by atoms with Gasteiger partial charge in [0.2, 0.25) is 0 Å². The highest BCUT2D eigenvalue weighted by Crippen LogP contribution is 2.60. The van der Waals surface area contributed by atoms with E-state index in [9.17, 15) is 5.11 Å². The number of hydrogen-bond donors (Lipinski definition) is 2. The van der Waals surface area contributed by atoms with E-state index in [1.807, 2.05) is 25.1 Å². The summed E-state index contributed by atoms with van der Waals surface area (Å²) in [6.07, 6.45) is 5.44. The van der Waals surface area contributed by atoms with Crippen molar-refractivity contribution in [2.45, 2.75) is 43.7 Å². The van der Waals surface area contributed by atoms with Crippen molar-refractivity contribution < 1.29 is 5.11 Å². The molecule has 5 aromatic rings. The van der Waals surface area contributed by atoms with Gasteiger partial charge < -0.3 is 10.8 Å². The smallest absolute Gasteiger partial charge is 0.176 e. The number of nitrogens with two attached hydrogens (primary N) is 1. The third-order valence-electron chi connectivity index (χ3n) is 8.17. The van der Waals surface area contributed by atoms with Gasteiger partial charge in [0, 0.05) is 34.2 Å². The molecule has 0 saturated heterocycles. The molecule has 2 fully saturated rings. The minimum absolute atomic E-state index is 0.136. The van der Waals surface area contributed by atoms with Gasteiger partial charge in [-0.05, 0) is 49.8 Å². The number of fused-ring (bicyclic) bond motifs is 3. The first-order valence-electron chi connectivity index (χ1n) is 12.4. The first-order chi connectivity index (χ1) is 17.4. The molecular formula is C29H26ClN5O. The van der Waals surface area contributed by atoms with Crippen molar-refractivity contribution in [3.63, 3.8) is 0 Å². The lowest BCUT2D eigenvalue weighted by Gasteiger charge is -2.38. The first kappa shape index (κ1) is 21.9. The number of nitrogens with zero attached hydrogens (tertiary/aromatic N) is 4. The highest BCUT2D eigenvalue weighted by molar-refractivity contribution is 6.34. The van der Waals surface area contributed by atoms with Crippen LogP contribution in [-0.2, 0) is 5.54 Å². The fourth-order valence-electron chi connectivity index (χ4n) is 5.82. The lowest BCUT2D eigenvalue weighted by molar-refractivity contribution is -0.0591. The Morgan fingerprint density at radius 2 is 1.78 bits per heavy atom. The van der Waals surface area contributed by atoms with Crippen LogP contribution in [0.3, 0.4) is 0 Å². The van der Waals surface area contributed by atoms with Crippen molar-refractivity contribution in [1.29, 1.82) is 0 Å². The van der Waals surface area contributed by atoms with Crippen LogP contribution in [0.1, 0.15) is 36.9 Å². The van der Waals surface area contributed by atoms with E-state index >= 15 is 0 Å². The number of pyridine rings is 1. The molecule has 2 aromatic carbocycles. The average Bonchev–Trinajstić information content (AvgIpc) is 3.51. The van der Waals surface area contributed by atoms with Crippen LogP contribution >= 0.6 is 11.6 Å². The Kier molecular flexibility index (Phi) is 4.62. The topological polar surface area (TPSA) is 89.3 Å². The van der Waals surface area contributed by atoms with E-state index in [1.54, 1.807) is 10.7 Å². The Morgan fingerprint density at radius 3 is 2.47 bits per heavy atom. The highest BCUT2D eigenvalue weighted by atomic mass is 35.5. The lowest BCUT2D eigenvalue weighted by atomic mass is 9.74. The van der Waals surface area contributed by atoms with Crippen LogP contribution in [0.4, 0.5) is 0 Å². The predicted octanol–water partition coefficient (Wildman–Crippen LogP) is 5.66. The molecule has 36 heavy (non-hydrogen) atoms. The number of halogens is 1. The van der Waals surface area contributed by atoms with E-state index in [2.05, 4.69) is 52.5 Å². The molecule has 0 amide bonds.